The van der Waals surface area contributed by atoms with Crippen molar-refractivity contribution in [2.75, 3.05) is 12.0 Å². The summed E-state index contributed by atoms with van der Waals surface area (Å²) >= 11 is 1.54. The third-order valence-electron chi connectivity index (χ3n) is 6.24. The Hall–Kier alpha value is -3.58. The van der Waals surface area contributed by atoms with Crippen LogP contribution in [0, 0.1) is 5.92 Å². The lowest BCUT2D eigenvalue weighted by Gasteiger charge is -2.26. The number of carboxylic acid groups (broad SMARTS) is 1. The van der Waals surface area contributed by atoms with Gasteiger partial charge in [0.25, 0.3) is 0 Å². The Labute approximate surface area is 231 Å². The number of H-pyrrole nitrogens is 1. The summed E-state index contributed by atoms with van der Waals surface area (Å²) in [5.41, 5.74) is 12.9. The minimum Gasteiger partial charge on any atom is -0.480 e. The molecule has 2 rings (SSSR count). The third-order valence-corrected chi connectivity index (χ3v) is 6.89. The van der Waals surface area contributed by atoms with Crippen molar-refractivity contribution in [2.24, 2.45) is 17.4 Å². The number of aromatic amines is 1. The second-order valence-electron chi connectivity index (χ2n) is 9.65. The van der Waals surface area contributed by atoms with Gasteiger partial charge in [-0.1, -0.05) is 32.0 Å². The van der Waals surface area contributed by atoms with Gasteiger partial charge in [-0.25, -0.2) is 4.79 Å². The topological polar surface area (TPSA) is 209 Å². The highest BCUT2D eigenvalue weighted by molar-refractivity contribution is 7.98. The molecule has 1 aromatic heterocycles. The Morgan fingerprint density at radius 2 is 1.62 bits per heavy atom. The van der Waals surface area contributed by atoms with E-state index < -0.39 is 59.7 Å². The van der Waals surface area contributed by atoms with Gasteiger partial charge in [-0.05, 0) is 42.4 Å². The number of benzene rings is 1. The van der Waals surface area contributed by atoms with Crippen molar-refractivity contribution < 1.29 is 29.1 Å². The summed E-state index contributed by atoms with van der Waals surface area (Å²) < 4.78 is 0. The van der Waals surface area contributed by atoms with E-state index in [4.69, 9.17) is 11.5 Å². The molecular formula is C26H38N6O6S. The Morgan fingerprint density at radius 1 is 0.974 bits per heavy atom. The van der Waals surface area contributed by atoms with Gasteiger partial charge in [-0.3, -0.25) is 19.2 Å². The average molecular weight is 563 g/mol. The van der Waals surface area contributed by atoms with Crippen LogP contribution < -0.4 is 27.4 Å². The van der Waals surface area contributed by atoms with Crippen LogP contribution in [0.1, 0.15) is 38.7 Å². The van der Waals surface area contributed by atoms with Crippen molar-refractivity contribution in [3.8, 4) is 0 Å². The first-order chi connectivity index (χ1) is 18.4. The number of carbonyl (C=O) groups excluding carboxylic acids is 4. The summed E-state index contributed by atoms with van der Waals surface area (Å²) in [6.07, 6.45) is 3.75. The number of nitrogens with two attached hydrogens (primary N) is 2. The number of fused-ring (bicyclic) bond motifs is 1. The summed E-state index contributed by atoms with van der Waals surface area (Å²) in [6.45, 7) is 3.26. The fraction of sp³-hybridized carbons (Fsp3) is 0.500. The molecule has 2 aromatic rings. The van der Waals surface area contributed by atoms with Crippen LogP contribution in [0.3, 0.4) is 0 Å². The minimum atomic E-state index is -1.27. The van der Waals surface area contributed by atoms with E-state index >= 15 is 0 Å². The van der Waals surface area contributed by atoms with Crippen LogP contribution in [0.15, 0.2) is 30.5 Å². The van der Waals surface area contributed by atoms with Crippen molar-refractivity contribution in [3.05, 3.63) is 36.0 Å². The lowest BCUT2D eigenvalue weighted by atomic mass is 10.0. The first-order valence-corrected chi connectivity index (χ1v) is 14.1. The highest BCUT2D eigenvalue weighted by Gasteiger charge is 2.32. The Morgan fingerprint density at radius 3 is 2.23 bits per heavy atom. The zero-order valence-electron chi connectivity index (χ0n) is 22.4. The van der Waals surface area contributed by atoms with Gasteiger partial charge in [0, 0.05) is 29.9 Å². The second kappa shape index (κ2) is 15.1. The van der Waals surface area contributed by atoms with Gasteiger partial charge >= 0.3 is 5.97 Å². The Bertz CT molecular complexity index is 1170. The minimum absolute atomic E-state index is 0.0880. The predicted octanol–water partition coefficient (Wildman–Crippen LogP) is 0.251. The third kappa shape index (κ3) is 9.59. The van der Waals surface area contributed by atoms with E-state index in [1.807, 2.05) is 30.5 Å². The molecular weight excluding hydrogens is 524 g/mol. The van der Waals surface area contributed by atoms with Crippen LogP contribution in [0.2, 0.25) is 0 Å². The highest BCUT2D eigenvalue weighted by atomic mass is 32.2. The molecule has 4 amide bonds. The van der Waals surface area contributed by atoms with Crippen molar-refractivity contribution in [1.82, 2.24) is 20.9 Å². The van der Waals surface area contributed by atoms with E-state index in [1.165, 1.54) is 11.8 Å². The first-order valence-electron chi connectivity index (χ1n) is 12.7. The molecule has 0 saturated heterocycles. The van der Waals surface area contributed by atoms with Crippen molar-refractivity contribution in [1.29, 1.82) is 0 Å². The number of carboxylic acids is 1. The molecule has 1 aromatic carbocycles. The quantitative estimate of drug-likeness (QED) is 0.150. The van der Waals surface area contributed by atoms with Crippen LogP contribution in [0.25, 0.3) is 10.9 Å². The summed E-state index contributed by atoms with van der Waals surface area (Å²) in [5, 5.41) is 18.0. The second-order valence-corrected chi connectivity index (χ2v) is 10.6. The molecule has 0 aliphatic heterocycles. The molecule has 4 atom stereocenters. The lowest BCUT2D eigenvalue weighted by Crippen LogP contribution is -2.58. The number of rotatable bonds is 16. The molecule has 39 heavy (non-hydrogen) atoms. The molecule has 4 unspecified atom stereocenters. The number of primary amides is 1. The fourth-order valence-electron chi connectivity index (χ4n) is 3.98. The lowest BCUT2D eigenvalue weighted by molar-refractivity contribution is -0.143. The number of thioether (sulfide) groups is 1. The molecule has 0 aliphatic carbocycles. The van der Waals surface area contributed by atoms with Gasteiger partial charge in [0.2, 0.25) is 23.6 Å². The summed E-state index contributed by atoms with van der Waals surface area (Å²) in [7, 11) is 0. The molecule has 0 saturated carbocycles. The van der Waals surface area contributed by atoms with Crippen molar-refractivity contribution in [2.45, 2.75) is 63.7 Å². The molecule has 9 N–H and O–H groups in total. The molecule has 214 valence electrons. The summed E-state index contributed by atoms with van der Waals surface area (Å²) in [4.78, 5) is 65.5. The number of hydrogen-bond donors (Lipinski definition) is 7. The van der Waals surface area contributed by atoms with Gasteiger partial charge in [0.15, 0.2) is 0 Å². The van der Waals surface area contributed by atoms with Crippen LogP contribution in [0.5, 0.6) is 0 Å². The van der Waals surface area contributed by atoms with Crippen LogP contribution in [-0.2, 0) is 30.4 Å². The molecule has 0 fully saturated rings. The standard InChI is InChI=1S/C26H38N6O6S/c1-14(2)22(26(37)38)32-24(35)19(8-9-21(28)33)30-25(36)20(31-23(34)17(27)10-11-39-3)12-15-13-29-18-7-5-4-6-16(15)18/h4-7,13-14,17,19-20,22,29H,8-12,27H2,1-3H3,(H2,28,33)(H,30,36)(H,31,34)(H,32,35)(H,37,38). The molecule has 1 heterocycles. The van der Waals surface area contributed by atoms with Crippen LogP contribution >= 0.6 is 11.8 Å². The monoisotopic (exact) mass is 562 g/mol. The van der Waals surface area contributed by atoms with E-state index in [9.17, 15) is 29.1 Å². The zero-order chi connectivity index (χ0) is 29.1. The van der Waals surface area contributed by atoms with Crippen LogP contribution in [0.4, 0.5) is 0 Å². The molecule has 13 heteroatoms. The maximum atomic E-state index is 13.5. The van der Waals surface area contributed by atoms with E-state index in [0.717, 1.165) is 16.5 Å². The van der Waals surface area contributed by atoms with E-state index in [0.29, 0.717) is 12.2 Å². The first kappa shape index (κ1) is 31.6. The maximum Gasteiger partial charge on any atom is 0.326 e. The Balaban J connectivity index is 2.31. The van der Waals surface area contributed by atoms with Crippen LogP contribution in [-0.4, -0.2) is 75.9 Å². The fourth-order valence-corrected chi connectivity index (χ4v) is 4.47. The van der Waals surface area contributed by atoms with E-state index in [1.54, 1.807) is 20.0 Å². The zero-order valence-corrected chi connectivity index (χ0v) is 23.2. The highest BCUT2D eigenvalue weighted by Crippen LogP contribution is 2.19. The predicted molar refractivity (Wildman–Crippen MR) is 150 cm³/mol. The van der Waals surface area contributed by atoms with E-state index in [2.05, 4.69) is 20.9 Å². The normalized spacial score (nSPS) is 14.3. The van der Waals surface area contributed by atoms with Gasteiger partial charge in [-0.2, -0.15) is 11.8 Å². The molecule has 12 nitrogen and oxygen atoms in total. The molecule has 0 radical (unpaired) electrons. The molecule has 0 spiro atoms. The number of amides is 4. The smallest absolute Gasteiger partial charge is 0.326 e. The van der Waals surface area contributed by atoms with E-state index in [-0.39, 0.29) is 19.3 Å². The van der Waals surface area contributed by atoms with Gasteiger partial charge < -0.3 is 37.5 Å². The maximum absolute atomic E-state index is 13.5. The van der Waals surface area contributed by atoms with Crippen molar-refractivity contribution >= 4 is 52.3 Å². The van der Waals surface area contributed by atoms with Gasteiger partial charge in [0.1, 0.15) is 18.1 Å². The van der Waals surface area contributed by atoms with Gasteiger partial charge in [-0.15, -0.1) is 0 Å². The van der Waals surface area contributed by atoms with Gasteiger partial charge in [0.05, 0.1) is 6.04 Å². The number of aromatic nitrogens is 1. The summed E-state index contributed by atoms with van der Waals surface area (Å²) in [6, 6.07) is 3.05. The number of nitrogens with one attached hydrogen (secondary N) is 4. The average Bonchev–Trinajstić information content (AvgIpc) is 3.29. The number of hydrogen-bond acceptors (Lipinski definition) is 7. The molecule has 0 bridgehead atoms. The number of aliphatic carboxylic acids is 1. The number of carbonyl (C=O) groups is 5. The SMILES string of the molecule is CSCCC(N)C(=O)NC(Cc1c[nH]c2ccccc12)C(=O)NC(CCC(N)=O)C(=O)NC(C(=O)O)C(C)C. The van der Waals surface area contributed by atoms with Crippen molar-refractivity contribution in [3.63, 3.8) is 0 Å². The number of para-hydroxylation sites is 1. The summed E-state index contributed by atoms with van der Waals surface area (Å²) in [5.74, 6) is -3.69. The Kier molecular flexibility index (Phi) is 12.3. The molecule has 0 aliphatic rings. The largest absolute Gasteiger partial charge is 0.480 e.